The number of aromatic nitrogens is 1. The second-order valence-corrected chi connectivity index (χ2v) is 3.93. The van der Waals surface area contributed by atoms with Gasteiger partial charge in [-0.25, -0.2) is 4.98 Å². The predicted molar refractivity (Wildman–Crippen MR) is 58.1 cm³/mol. The maximum Gasteiger partial charge on any atom is 0.405 e. The van der Waals surface area contributed by atoms with E-state index < -0.39 is 12.7 Å². The van der Waals surface area contributed by atoms with E-state index in [0.717, 1.165) is 4.90 Å². The zero-order chi connectivity index (χ0) is 12.3. The topological polar surface area (TPSA) is 16.1 Å². The van der Waals surface area contributed by atoms with E-state index in [2.05, 4.69) is 4.98 Å². The molecule has 0 radical (unpaired) electrons. The van der Waals surface area contributed by atoms with Crippen LogP contribution in [0.15, 0.2) is 12.3 Å². The highest BCUT2D eigenvalue weighted by molar-refractivity contribution is 6.33. The Bertz CT molecular complexity index is 368. The van der Waals surface area contributed by atoms with Crippen LogP contribution in [0, 0.1) is 0 Å². The number of alkyl halides is 4. The molecule has 0 saturated carbocycles. The van der Waals surface area contributed by atoms with Gasteiger partial charge in [-0.2, -0.15) is 13.2 Å². The highest BCUT2D eigenvalue weighted by Crippen LogP contribution is 2.26. The summed E-state index contributed by atoms with van der Waals surface area (Å²) in [7, 11) is 1.28. The fourth-order valence-corrected chi connectivity index (χ4v) is 1.65. The molecule has 0 unspecified atom stereocenters. The molecular weight excluding hydrogens is 264 g/mol. The Morgan fingerprint density at radius 2 is 2.06 bits per heavy atom. The summed E-state index contributed by atoms with van der Waals surface area (Å²) in [6, 6.07) is 1.50. The van der Waals surface area contributed by atoms with Gasteiger partial charge in [-0.05, 0) is 11.6 Å². The van der Waals surface area contributed by atoms with Gasteiger partial charge in [-0.1, -0.05) is 11.6 Å². The number of nitrogens with zero attached hydrogens (tertiary/aromatic N) is 2. The first kappa shape index (κ1) is 13.4. The molecule has 0 saturated heterocycles. The minimum atomic E-state index is -4.29. The van der Waals surface area contributed by atoms with Crippen molar-refractivity contribution in [3.63, 3.8) is 0 Å². The number of rotatable bonds is 3. The van der Waals surface area contributed by atoms with E-state index in [1.54, 1.807) is 0 Å². The summed E-state index contributed by atoms with van der Waals surface area (Å²) in [4.78, 5) is 4.79. The largest absolute Gasteiger partial charge is 0.405 e. The molecule has 0 aromatic carbocycles. The predicted octanol–water partition coefficient (Wildman–Crippen LogP) is 3.47. The molecule has 16 heavy (non-hydrogen) atoms. The molecule has 0 bridgehead atoms. The minimum Gasteiger partial charge on any atom is -0.349 e. The number of halogens is 5. The molecule has 0 N–H and O–H groups in total. The van der Waals surface area contributed by atoms with Crippen molar-refractivity contribution in [1.82, 2.24) is 4.98 Å². The van der Waals surface area contributed by atoms with Gasteiger partial charge >= 0.3 is 6.18 Å². The molecule has 0 aliphatic carbocycles. The molecule has 0 amide bonds. The Morgan fingerprint density at radius 3 is 2.50 bits per heavy atom. The van der Waals surface area contributed by atoms with Crippen LogP contribution in [0.3, 0.4) is 0 Å². The number of hydrogen-bond acceptors (Lipinski definition) is 2. The molecule has 0 aliphatic rings. The molecule has 1 aromatic heterocycles. The molecule has 1 heterocycles. The lowest BCUT2D eigenvalue weighted by molar-refractivity contribution is -0.119. The van der Waals surface area contributed by atoms with Crippen molar-refractivity contribution in [1.29, 1.82) is 0 Å². The highest BCUT2D eigenvalue weighted by atomic mass is 35.5. The van der Waals surface area contributed by atoms with Gasteiger partial charge in [0.1, 0.15) is 12.4 Å². The zero-order valence-electron chi connectivity index (χ0n) is 8.35. The minimum absolute atomic E-state index is 0.0906. The fraction of sp³-hybridized carbons (Fsp3) is 0.444. The smallest absolute Gasteiger partial charge is 0.349 e. The van der Waals surface area contributed by atoms with Crippen LogP contribution in [0.2, 0.25) is 5.02 Å². The first-order valence-electron chi connectivity index (χ1n) is 4.32. The molecule has 7 heteroatoms. The Kier molecular flexibility index (Phi) is 4.27. The average molecular weight is 273 g/mol. The third kappa shape index (κ3) is 3.72. The van der Waals surface area contributed by atoms with E-state index in [4.69, 9.17) is 23.2 Å². The number of pyridine rings is 1. The summed E-state index contributed by atoms with van der Waals surface area (Å²) >= 11 is 11.3. The SMILES string of the molecule is CN(CC(F)(F)F)c1ncc(CCl)cc1Cl. The highest BCUT2D eigenvalue weighted by Gasteiger charge is 2.30. The quantitative estimate of drug-likeness (QED) is 0.784. The standard InChI is InChI=1S/C9H9Cl2F3N2/c1-16(5-9(12,13)14)8-7(11)2-6(3-10)4-15-8/h2,4H,3,5H2,1H3. The second-order valence-electron chi connectivity index (χ2n) is 3.25. The Morgan fingerprint density at radius 1 is 1.44 bits per heavy atom. The maximum atomic E-state index is 12.1. The Balaban J connectivity index is 2.88. The van der Waals surface area contributed by atoms with E-state index in [1.807, 2.05) is 0 Å². The van der Waals surface area contributed by atoms with Gasteiger partial charge in [0.05, 0.1) is 5.02 Å². The van der Waals surface area contributed by atoms with Crippen molar-refractivity contribution in [3.8, 4) is 0 Å². The van der Waals surface area contributed by atoms with Crippen LogP contribution in [0.4, 0.5) is 19.0 Å². The second kappa shape index (κ2) is 5.10. The lowest BCUT2D eigenvalue weighted by atomic mass is 10.3. The van der Waals surface area contributed by atoms with Crippen LogP contribution >= 0.6 is 23.2 Å². The molecule has 90 valence electrons. The first-order chi connectivity index (χ1) is 7.33. The lowest BCUT2D eigenvalue weighted by Gasteiger charge is -2.20. The van der Waals surface area contributed by atoms with Gasteiger partial charge in [-0.15, -0.1) is 11.6 Å². The van der Waals surface area contributed by atoms with Crippen molar-refractivity contribution in [2.24, 2.45) is 0 Å². The van der Waals surface area contributed by atoms with E-state index >= 15 is 0 Å². The average Bonchev–Trinajstić information content (AvgIpc) is 2.14. The van der Waals surface area contributed by atoms with E-state index in [0.29, 0.717) is 5.56 Å². The van der Waals surface area contributed by atoms with Crippen LogP contribution in [0.25, 0.3) is 0 Å². The van der Waals surface area contributed by atoms with Gasteiger partial charge in [0, 0.05) is 19.1 Å². The fourth-order valence-electron chi connectivity index (χ4n) is 1.17. The molecule has 1 rings (SSSR count). The zero-order valence-corrected chi connectivity index (χ0v) is 9.87. The summed E-state index contributed by atoms with van der Waals surface area (Å²) in [6.45, 7) is -1.10. The van der Waals surface area contributed by atoms with Crippen LogP contribution in [-0.4, -0.2) is 24.8 Å². The Labute approximate surface area is 101 Å². The number of hydrogen-bond donors (Lipinski definition) is 0. The van der Waals surface area contributed by atoms with Gasteiger partial charge in [-0.3, -0.25) is 0 Å². The lowest BCUT2D eigenvalue weighted by Crippen LogP contribution is -2.31. The maximum absolute atomic E-state index is 12.1. The molecular formula is C9H9Cl2F3N2. The van der Waals surface area contributed by atoms with E-state index in [9.17, 15) is 13.2 Å². The third-order valence-corrected chi connectivity index (χ3v) is 2.40. The van der Waals surface area contributed by atoms with E-state index in [1.165, 1.54) is 19.3 Å². The Hall–Kier alpha value is -0.680. The monoisotopic (exact) mass is 272 g/mol. The normalized spacial score (nSPS) is 11.6. The van der Waals surface area contributed by atoms with Crippen molar-refractivity contribution >= 4 is 29.0 Å². The molecule has 0 aliphatic heterocycles. The molecule has 0 spiro atoms. The molecule has 2 nitrogen and oxygen atoms in total. The van der Waals surface area contributed by atoms with Crippen LogP contribution in [-0.2, 0) is 5.88 Å². The van der Waals surface area contributed by atoms with Crippen LogP contribution in [0.1, 0.15) is 5.56 Å². The summed E-state index contributed by atoms with van der Waals surface area (Å²) in [6.07, 6.45) is -2.88. The van der Waals surface area contributed by atoms with Gasteiger partial charge in [0.2, 0.25) is 0 Å². The van der Waals surface area contributed by atoms with Crippen molar-refractivity contribution < 1.29 is 13.2 Å². The first-order valence-corrected chi connectivity index (χ1v) is 5.23. The van der Waals surface area contributed by atoms with Gasteiger partial charge < -0.3 is 4.90 Å². The van der Waals surface area contributed by atoms with E-state index in [-0.39, 0.29) is 16.7 Å². The van der Waals surface area contributed by atoms with Gasteiger partial charge in [0.25, 0.3) is 0 Å². The van der Waals surface area contributed by atoms with Crippen molar-refractivity contribution in [3.05, 3.63) is 22.8 Å². The van der Waals surface area contributed by atoms with Crippen LogP contribution in [0.5, 0.6) is 0 Å². The van der Waals surface area contributed by atoms with Gasteiger partial charge in [0.15, 0.2) is 0 Å². The van der Waals surface area contributed by atoms with Crippen LogP contribution < -0.4 is 4.90 Å². The summed E-state index contributed by atoms with van der Waals surface area (Å²) in [5.41, 5.74) is 0.663. The number of anilines is 1. The third-order valence-electron chi connectivity index (χ3n) is 1.81. The molecule has 0 atom stereocenters. The van der Waals surface area contributed by atoms with Crippen molar-refractivity contribution in [2.45, 2.75) is 12.1 Å². The van der Waals surface area contributed by atoms with Crippen molar-refractivity contribution in [2.75, 3.05) is 18.5 Å². The summed E-state index contributed by atoms with van der Waals surface area (Å²) in [5.74, 6) is 0.309. The summed E-state index contributed by atoms with van der Waals surface area (Å²) < 4.78 is 36.4. The molecule has 0 fully saturated rings. The molecule has 1 aromatic rings. The summed E-state index contributed by atoms with van der Waals surface area (Å²) in [5, 5.41) is 0.157.